The van der Waals surface area contributed by atoms with Gasteiger partial charge in [-0.1, -0.05) is 19.4 Å². The van der Waals surface area contributed by atoms with Crippen molar-refractivity contribution in [2.24, 2.45) is 5.73 Å². The Kier molecular flexibility index (Phi) is 4.58. The Morgan fingerprint density at radius 3 is 2.95 bits per heavy atom. The fraction of sp³-hybridized carbons (Fsp3) is 0.400. The summed E-state index contributed by atoms with van der Waals surface area (Å²) in [6.45, 7) is 3.78. The first-order valence-corrected chi connectivity index (χ1v) is 6.79. The molecule has 0 aliphatic heterocycles. The molecular weight excluding hydrogens is 238 g/mol. The third-order valence-corrected chi connectivity index (χ3v) is 3.24. The van der Waals surface area contributed by atoms with E-state index >= 15 is 0 Å². The van der Waals surface area contributed by atoms with E-state index in [1.165, 1.54) is 0 Å². The summed E-state index contributed by atoms with van der Waals surface area (Å²) in [5.41, 5.74) is 7.81. The fourth-order valence-electron chi connectivity index (χ4n) is 2.13. The van der Waals surface area contributed by atoms with E-state index in [2.05, 4.69) is 18.3 Å². The van der Waals surface area contributed by atoms with Crippen molar-refractivity contribution >= 4 is 16.8 Å². The number of aromatic nitrogens is 1. The molecule has 0 fully saturated rings. The van der Waals surface area contributed by atoms with Gasteiger partial charge in [0.2, 0.25) is 5.91 Å². The van der Waals surface area contributed by atoms with Crippen molar-refractivity contribution in [2.75, 3.05) is 6.54 Å². The van der Waals surface area contributed by atoms with Crippen LogP contribution in [0.15, 0.2) is 30.5 Å². The maximum Gasteiger partial charge on any atom is 0.239 e. The van der Waals surface area contributed by atoms with Gasteiger partial charge in [0.15, 0.2) is 0 Å². The summed E-state index contributed by atoms with van der Waals surface area (Å²) in [6.07, 6.45) is 4.07. The Labute approximate surface area is 113 Å². The Morgan fingerprint density at radius 2 is 2.21 bits per heavy atom. The predicted octanol–water partition coefficient (Wildman–Crippen LogP) is 2.02. The van der Waals surface area contributed by atoms with Crippen molar-refractivity contribution in [3.8, 4) is 0 Å². The molecule has 3 N–H and O–H groups in total. The molecule has 4 nitrogen and oxygen atoms in total. The van der Waals surface area contributed by atoms with Crippen LogP contribution in [0.5, 0.6) is 0 Å². The van der Waals surface area contributed by atoms with Crippen LogP contribution in [0.4, 0.5) is 0 Å². The van der Waals surface area contributed by atoms with Gasteiger partial charge in [-0.2, -0.15) is 0 Å². The number of nitrogens with zero attached hydrogens (tertiary/aromatic N) is 1. The highest BCUT2D eigenvalue weighted by molar-refractivity contribution is 5.83. The Hall–Kier alpha value is -1.81. The largest absolute Gasteiger partial charge is 0.355 e. The van der Waals surface area contributed by atoms with Crippen LogP contribution < -0.4 is 11.1 Å². The molecule has 0 unspecified atom stereocenters. The van der Waals surface area contributed by atoms with E-state index in [0.717, 1.165) is 35.9 Å². The third kappa shape index (κ3) is 3.35. The van der Waals surface area contributed by atoms with E-state index in [4.69, 9.17) is 5.73 Å². The number of fused-ring (bicyclic) bond motifs is 1. The summed E-state index contributed by atoms with van der Waals surface area (Å²) >= 11 is 0. The minimum absolute atomic E-state index is 0.0638. The van der Waals surface area contributed by atoms with E-state index in [-0.39, 0.29) is 5.91 Å². The second kappa shape index (κ2) is 6.38. The molecule has 1 aromatic carbocycles. The lowest BCUT2D eigenvalue weighted by Crippen LogP contribution is -2.28. The number of carbonyl (C=O) groups is 1. The lowest BCUT2D eigenvalue weighted by atomic mass is 10.1. The molecule has 0 bridgehead atoms. The van der Waals surface area contributed by atoms with Gasteiger partial charge < -0.3 is 15.6 Å². The Bertz CT molecular complexity index is 560. The summed E-state index contributed by atoms with van der Waals surface area (Å²) in [5.74, 6) is 0.0638. The van der Waals surface area contributed by atoms with E-state index in [9.17, 15) is 4.79 Å². The average Bonchev–Trinajstić information content (AvgIpc) is 2.81. The summed E-state index contributed by atoms with van der Waals surface area (Å²) < 4.78 is 1.97. The molecule has 1 heterocycles. The number of unbranched alkanes of at least 4 members (excludes halogenated alkanes) is 1. The molecule has 0 saturated carbocycles. The van der Waals surface area contributed by atoms with Gasteiger partial charge in [-0.05, 0) is 35.6 Å². The topological polar surface area (TPSA) is 60.0 Å². The van der Waals surface area contributed by atoms with E-state index in [1.54, 1.807) is 0 Å². The normalized spacial score (nSPS) is 10.8. The van der Waals surface area contributed by atoms with Crippen LogP contribution in [0.25, 0.3) is 10.9 Å². The SMILES string of the molecule is CCCCNC(=O)Cn1ccc2cc(CN)ccc21. The molecule has 0 aliphatic carbocycles. The lowest BCUT2D eigenvalue weighted by Gasteiger charge is -2.07. The molecule has 19 heavy (non-hydrogen) atoms. The lowest BCUT2D eigenvalue weighted by molar-refractivity contribution is -0.121. The van der Waals surface area contributed by atoms with Gasteiger partial charge >= 0.3 is 0 Å². The second-order valence-electron chi connectivity index (χ2n) is 4.74. The van der Waals surface area contributed by atoms with Crippen LogP contribution >= 0.6 is 0 Å². The molecule has 1 aromatic heterocycles. The molecule has 2 rings (SSSR count). The highest BCUT2D eigenvalue weighted by Crippen LogP contribution is 2.17. The zero-order valence-corrected chi connectivity index (χ0v) is 11.4. The number of hydrogen-bond donors (Lipinski definition) is 2. The molecular formula is C15H21N3O. The molecule has 0 radical (unpaired) electrons. The number of hydrogen-bond acceptors (Lipinski definition) is 2. The van der Waals surface area contributed by atoms with Crippen molar-refractivity contribution in [1.82, 2.24) is 9.88 Å². The van der Waals surface area contributed by atoms with Gasteiger partial charge in [-0.25, -0.2) is 0 Å². The standard InChI is InChI=1S/C15H21N3O/c1-2-3-7-17-15(19)11-18-8-6-13-9-12(10-16)4-5-14(13)18/h4-6,8-9H,2-3,7,10-11,16H2,1H3,(H,17,19). The summed E-state index contributed by atoms with van der Waals surface area (Å²) in [4.78, 5) is 11.8. The van der Waals surface area contributed by atoms with Crippen LogP contribution in [0.2, 0.25) is 0 Å². The van der Waals surface area contributed by atoms with Crippen LogP contribution in [0, 0.1) is 0 Å². The van der Waals surface area contributed by atoms with Crippen LogP contribution in [0.3, 0.4) is 0 Å². The van der Waals surface area contributed by atoms with E-state index < -0.39 is 0 Å². The number of rotatable bonds is 6. The first-order chi connectivity index (χ1) is 9.24. The molecule has 102 valence electrons. The average molecular weight is 259 g/mol. The van der Waals surface area contributed by atoms with E-state index in [0.29, 0.717) is 13.1 Å². The molecule has 0 atom stereocenters. The van der Waals surface area contributed by atoms with Gasteiger partial charge in [0.05, 0.1) is 0 Å². The van der Waals surface area contributed by atoms with Crippen molar-refractivity contribution in [1.29, 1.82) is 0 Å². The number of nitrogens with two attached hydrogens (primary N) is 1. The quantitative estimate of drug-likeness (QED) is 0.780. The number of nitrogens with one attached hydrogen (secondary N) is 1. The van der Waals surface area contributed by atoms with Gasteiger partial charge in [-0.3, -0.25) is 4.79 Å². The highest BCUT2D eigenvalue weighted by atomic mass is 16.1. The van der Waals surface area contributed by atoms with E-state index in [1.807, 2.05) is 29.0 Å². The van der Waals surface area contributed by atoms with Crippen LogP contribution in [-0.2, 0) is 17.9 Å². The van der Waals surface area contributed by atoms with Gasteiger partial charge in [0.1, 0.15) is 6.54 Å². The Balaban J connectivity index is 2.06. The van der Waals surface area contributed by atoms with Crippen LogP contribution in [0.1, 0.15) is 25.3 Å². The fourth-order valence-corrected chi connectivity index (χ4v) is 2.13. The van der Waals surface area contributed by atoms with Gasteiger partial charge in [-0.15, -0.1) is 0 Å². The summed E-state index contributed by atoms with van der Waals surface area (Å²) in [5, 5.41) is 4.06. The van der Waals surface area contributed by atoms with Gasteiger partial charge in [0.25, 0.3) is 0 Å². The first-order valence-electron chi connectivity index (χ1n) is 6.79. The highest BCUT2D eigenvalue weighted by Gasteiger charge is 2.06. The molecule has 0 aliphatic rings. The van der Waals surface area contributed by atoms with Crippen molar-refractivity contribution < 1.29 is 4.79 Å². The van der Waals surface area contributed by atoms with Crippen LogP contribution in [-0.4, -0.2) is 17.0 Å². The predicted molar refractivity (Wildman–Crippen MR) is 77.7 cm³/mol. The summed E-state index contributed by atoms with van der Waals surface area (Å²) in [7, 11) is 0. The molecule has 0 spiro atoms. The number of carbonyl (C=O) groups excluding carboxylic acids is 1. The van der Waals surface area contributed by atoms with Crippen molar-refractivity contribution in [3.63, 3.8) is 0 Å². The minimum Gasteiger partial charge on any atom is -0.355 e. The maximum atomic E-state index is 11.8. The maximum absolute atomic E-state index is 11.8. The molecule has 0 saturated heterocycles. The molecule has 1 amide bonds. The smallest absolute Gasteiger partial charge is 0.239 e. The number of amides is 1. The molecule has 4 heteroatoms. The van der Waals surface area contributed by atoms with Crippen molar-refractivity contribution in [3.05, 3.63) is 36.0 Å². The molecule has 2 aromatic rings. The Morgan fingerprint density at radius 1 is 1.37 bits per heavy atom. The summed E-state index contributed by atoms with van der Waals surface area (Å²) in [6, 6.07) is 8.12. The number of benzene rings is 1. The second-order valence-corrected chi connectivity index (χ2v) is 4.74. The monoisotopic (exact) mass is 259 g/mol. The third-order valence-electron chi connectivity index (χ3n) is 3.24. The zero-order chi connectivity index (χ0) is 13.7. The minimum atomic E-state index is 0.0638. The van der Waals surface area contributed by atoms with Gasteiger partial charge in [0, 0.05) is 24.8 Å². The zero-order valence-electron chi connectivity index (χ0n) is 11.4. The first kappa shape index (κ1) is 13.6. The van der Waals surface area contributed by atoms with Crippen molar-refractivity contribution in [2.45, 2.75) is 32.9 Å².